The fourth-order valence-corrected chi connectivity index (χ4v) is 1.98. The van der Waals surface area contributed by atoms with Crippen LogP contribution in [-0.4, -0.2) is 45.2 Å². The topological polar surface area (TPSA) is 84.9 Å². The van der Waals surface area contributed by atoms with Crippen LogP contribution in [0.2, 0.25) is 18.1 Å². The summed E-state index contributed by atoms with van der Waals surface area (Å²) < 4.78 is 10.3. The third-order valence-corrected chi connectivity index (χ3v) is 7.70. The number of esters is 1. The van der Waals surface area contributed by atoms with Crippen LogP contribution in [0, 0.1) is 0 Å². The van der Waals surface area contributed by atoms with Crippen molar-refractivity contribution in [3.8, 4) is 0 Å². The molecule has 0 rings (SSSR count). The summed E-state index contributed by atoms with van der Waals surface area (Å²) in [6.45, 7) is 10.3. The summed E-state index contributed by atoms with van der Waals surface area (Å²) in [7, 11) is -0.805. The molecule has 0 saturated carbocycles. The fourth-order valence-electron chi connectivity index (χ4n) is 0.968. The summed E-state index contributed by atoms with van der Waals surface area (Å²) >= 11 is 0. The van der Waals surface area contributed by atoms with E-state index >= 15 is 0 Å². The van der Waals surface area contributed by atoms with E-state index in [4.69, 9.17) is 9.53 Å². The molecule has 0 heterocycles. The fraction of sp³-hybridized carbons (Fsp3) is 0.818. The SMILES string of the molecule is COC(=O)[C@@H](CO[Si](C)(C)C(C)(C)C)NC(=O)O. The summed E-state index contributed by atoms with van der Waals surface area (Å²) in [6.07, 6.45) is -1.27. The highest BCUT2D eigenvalue weighted by Crippen LogP contribution is 2.36. The van der Waals surface area contributed by atoms with Gasteiger partial charge in [0.15, 0.2) is 14.4 Å². The molecular formula is C11H23NO5Si. The van der Waals surface area contributed by atoms with Crippen LogP contribution in [0.15, 0.2) is 0 Å². The number of ether oxygens (including phenoxy) is 1. The lowest BCUT2D eigenvalue weighted by molar-refractivity contribution is -0.143. The summed E-state index contributed by atoms with van der Waals surface area (Å²) in [5.74, 6) is -0.642. The van der Waals surface area contributed by atoms with Crippen LogP contribution < -0.4 is 5.32 Å². The normalized spacial score (nSPS) is 13.9. The van der Waals surface area contributed by atoms with Gasteiger partial charge in [0, 0.05) is 0 Å². The number of nitrogens with one attached hydrogen (secondary N) is 1. The molecule has 0 saturated heterocycles. The number of carbonyl (C=O) groups excluding carboxylic acids is 1. The Labute approximate surface area is 109 Å². The second-order valence-corrected chi connectivity index (χ2v) is 10.4. The zero-order valence-electron chi connectivity index (χ0n) is 11.9. The van der Waals surface area contributed by atoms with Crippen LogP contribution in [0.1, 0.15) is 20.8 Å². The molecule has 0 radical (unpaired) electrons. The van der Waals surface area contributed by atoms with Gasteiger partial charge in [-0.25, -0.2) is 9.59 Å². The first-order valence-electron chi connectivity index (χ1n) is 5.72. The molecule has 0 unspecified atom stereocenters. The first-order valence-corrected chi connectivity index (χ1v) is 8.63. The molecule has 0 aliphatic heterocycles. The van der Waals surface area contributed by atoms with Crippen molar-refractivity contribution in [1.82, 2.24) is 5.32 Å². The molecule has 2 N–H and O–H groups in total. The summed E-state index contributed by atoms with van der Waals surface area (Å²) in [6, 6.07) is -0.985. The van der Waals surface area contributed by atoms with Crippen LogP contribution in [0.5, 0.6) is 0 Å². The smallest absolute Gasteiger partial charge is 0.405 e. The number of carbonyl (C=O) groups is 2. The Bertz CT molecular complexity index is 311. The standard InChI is InChI=1S/C11H23NO5Si/c1-11(2,3)18(5,6)17-7-8(9(13)16-4)12-10(14)15/h8,12H,7H2,1-6H3,(H,14,15)/t8-/m1/s1. The molecule has 0 spiro atoms. The van der Waals surface area contributed by atoms with E-state index in [0.717, 1.165) is 0 Å². The van der Waals surface area contributed by atoms with E-state index in [9.17, 15) is 9.59 Å². The summed E-state index contributed by atoms with van der Waals surface area (Å²) in [5.41, 5.74) is 0. The predicted octanol–water partition coefficient (Wildman–Crippen LogP) is 1.82. The molecule has 0 aromatic rings. The van der Waals surface area contributed by atoms with E-state index in [1.807, 2.05) is 13.1 Å². The van der Waals surface area contributed by atoms with E-state index in [-0.39, 0.29) is 11.6 Å². The lowest BCUT2D eigenvalue weighted by Gasteiger charge is -2.36. The van der Waals surface area contributed by atoms with Crippen molar-refractivity contribution in [2.45, 2.75) is 44.9 Å². The van der Waals surface area contributed by atoms with E-state index in [2.05, 4.69) is 30.8 Å². The van der Waals surface area contributed by atoms with Crippen LogP contribution in [-0.2, 0) is 14.0 Å². The highest BCUT2D eigenvalue weighted by molar-refractivity contribution is 6.74. The van der Waals surface area contributed by atoms with Crippen LogP contribution in [0.3, 0.4) is 0 Å². The zero-order chi connectivity index (χ0) is 14.6. The minimum Gasteiger partial charge on any atom is -0.467 e. The molecule has 6 nitrogen and oxygen atoms in total. The lowest BCUT2D eigenvalue weighted by Crippen LogP contribution is -2.49. The highest BCUT2D eigenvalue weighted by atomic mass is 28.4. The van der Waals surface area contributed by atoms with Gasteiger partial charge in [-0.15, -0.1) is 0 Å². The second kappa shape index (κ2) is 6.19. The van der Waals surface area contributed by atoms with Crippen LogP contribution in [0.25, 0.3) is 0 Å². The molecular weight excluding hydrogens is 254 g/mol. The van der Waals surface area contributed by atoms with Crippen molar-refractivity contribution >= 4 is 20.4 Å². The number of hydrogen-bond acceptors (Lipinski definition) is 4. The van der Waals surface area contributed by atoms with Crippen molar-refractivity contribution in [2.75, 3.05) is 13.7 Å². The molecule has 0 aliphatic carbocycles. The Kier molecular flexibility index (Phi) is 5.82. The van der Waals surface area contributed by atoms with Gasteiger partial charge in [-0.05, 0) is 18.1 Å². The van der Waals surface area contributed by atoms with Gasteiger partial charge >= 0.3 is 12.1 Å². The third-order valence-electron chi connectivity index (χ3n) is 3.20. The van der Waals surface area contributed by atoms with Gasteiger partial charge in [0.05, 0.1) is 13.7 Å². The van der Waals surface area contributed by atoms with Gasteiger partial charge in [-0.3, -0.25) is 0 Å². The molecule has 1 atom stereocenters. The lowest BCUT2D eigenvalue weighted by atomic mass is 10.2. The largest absolute Gasteiger partial charge is 0.467 e. The Morgan fingerprint density at radius 1 is 1.33 bits per heavy atom. The average Bonchev–Trinajstić information content (AvgIpc) is 2.21. The van der Waals surface area contributed by atoms with Crippen molar-refractivity contribution in [3.63, 3.8) is 0 Å². The van der Waals surface area contributed by atoms with Gasteiger partial charge < -0.3 is 19.6 Å². The Morgan fingerprint density at radius 2 is 1.83 bits per heavy atom. The first kappa shape index (κ1) is 16.9. The number of rotatable bonds is 5. The number of hydrogen-bond donors (Lipinski definition) is 2. The maximum Gasteiger partial charge on any atom is 0.405 e. The second-order valence-electron chi connectivity index (χ2n) is 5.60. The Balaban J connectivity index is 4.62. The van der Waals surface area contributed by atoms with Crippen molar-refractivity contribution < 1.29 is 23.9 Å². The van der Waals surface area contributed by atoms with Crippen molar-refractivity contribution in [3.05, 3.63) is 0 Å². The van der Waals surface area contributed by atoms with E-state index in [1.165, 1.54) is 7.11 Å². The molecule has 0 aromatic carbocycles. The summed E-state index contributed by atoms with van der Waals surface area (Å²) in [4.78, 5) is 22.0. The zero-order valence-corrected chi connectivity index (χ0v) is 12.9. The van der Waals surface area contributed by atoms with E-state index in [1.54, 1.807) is 0 Å². The maximum atomic E-state index is 11.4. The minimum absolute atomic E-state index is 0.00308. The molecule has 18 heavy (non-hydrogen) atoms. The van der Waals surface area contributed by atoms with Gasteiger partial charge in [-0.2, -0.15) is 0 Å². The average molecular weight is 277 g/mol. The highest BCUT2D eigenvalue weighted by Gasteiger charge is 2.38. The Hall–Kier alpha value is -1.08. The van der Waals surface area contributed by atoms with E-state index in [0.29, 0.717) is 0 Å². The molecule has 0 bridgehead atoms. The van der Waals surface area contributed by atoms with Crippen LogP contribution >= 0.6 is 0 Å². The Morgan fingerprint density at radius 3 is 2.17 bits per heavy atom. The minimum atomic E-state index is -2.02. The quantitative estimate of drug-likeness (QED) is 0.591. The van der Waals surface area contributed by atoms with Gasteiger partial charge in [0.25, 0.3) is 0 Å². The summed E-state index contributed by atoms with van der Waals surface area (Å²) in [5, 5.41) is 10.7. The molecule has 0 aliphatic rings. The monoisotopic (exact) mass is 277 g/mol. The van der Waals surface area contributed by atoms with Gasteiger partial charge in [0.2, 0.25) is 0 Å². The first-order chi connectivity index (χ1) is 8.01. The van der Waals surface area contributed by atoms with Gasteiger partial charge in [0.1, 0.15) is 0 Å². The molecule has 7 heteroatoms. The van der Waals surface area contributed by atoms with Crippen LogP contribution in [0.4, 0.5) is 4.79 Å². The molecule has 0 fully saturated rings. The van der Waals surface area contributed by atoms with Crippen molar-refractivity contribution in [1.29, 1.82) is 0 Å². The number of carboxylic acid groups (broad SMARTS) is 1. The number of methoxy groups -OCH3 is 1. The van der Waals surface area contributed by atoms with E-state index < -0.39 is 26.4 Å². The maximum absolute atomic E-state index is 11.4. The molecule has 0 aromatic heterocycles. The van der Waals surface area contributed by atoms with Crippen molar-refractivity contribution in [2.24, 2.45) is 0 Å². The van der Waals surface area contributed by atoms with Gasteiger partial charge in [-0.1, -0.05) is 20.8 Å². The molecule has 106 valence electrons. The molecule has 1 amide bonds. The number of amides is 1. The predicted molar refractivity (Wildman–Crippen MR) is 70.1 cm³/mol. The third kappa shape index (κ3) is 5.05.